The molecule has 0 N–H and O–H groups in total. The molecule has 0 aromatic carbocycles. The first kappa shape index (κ1) is 13.9. The predicted molar refractivity (Wildman–Crippen MR) is 58.1 cm³/mol. The van der Waals surface area contributed by atoms with Crippen molar-refractivity contribution >= 4 is 0 Å². The lowest BCUT2D eigenvalue weighted by Gasteiger charge is -2.20. The molecule has 1 fully saturated rings. The number of methoxy groups -OCH3 is 2. The van der Waals surface area contributed by atoms with Crippen molar-refractivity contribution in [3.05, 3.63) is 0 Å². The van der Waals surface area contributed by atoms with Crippen molar-refractivity contribution in [1.29, 1.82) is 0 Å². The van der Waals surface area contributed by atoms with Crippen molar-refractivity contribution in [3.8, 4) is 0 Å². The van der Waals surface area contributed by atoms with Gasteiger partial charge >= 0.3 is 0 Å². The van der Waals surface area contributed by atoms with Crippen LogP contribution < -0.4 is 0 Å². The highest BCUT2D eigenvalue weighted by molar-refractivity contribution is 4.62. The molecule has 1 heterocycles. The van der Waals surface area contributed by atoms with Crippen molar-refractivity contribution < 1.29 is 23.7 Å². The molecule has 5 nitrogen and oxygen atoms in total. The van der Waals surface area contributed by atoms with Gasteiger partial charge in [-0.05, 0) is 13.8 Å². The van der Waals surface area contributed by atoms with E-state index >= 15 is 0 Å². The van der Waals surface area contributed by atoms with Gasteiger partial charge in [0.25, 0.3) is 0 Å². The maximum absolute atomic E-state index is 5.53. The molecule has 1 saturated heterocycles. The topological polar surface area (TPSA) is 46.2 Å². The zero-order chi connectivity index (χ0) is 12.0. The van der Waals surface area contributed by atoms with Gasteiger partial charge in [-0.2, -0.15) is 0 Å². The summed E-state index contributed by atoms with van der Waals surface area (Å²) in [5.74, 6) is 0. The van der Waals surface area contributed by atoms with Gasteiger partial charge in [0.2, 0.25) is 0 Å². The summed E-state index contributed by atoms with van der Waals surface area (Å²) in [5, 5.41) is 0. The molecule has 0 aromatic rings. The van der Waals surface area contributed by atoms with Gasteiger partial charge in [-0.1, -0.05) is 0 Å². The second-order valence-corrected chi connectivity index (χ2v) is 3.99. The highest BCUT2D eigenvalue weighted by Gasteiger charge is 2.26. The third-order valence-corrected chi connectivity index (χ3v) is 2.47. The van der Waals surface area contributed by atoms with E-state index in [4.69, 9.17) is 23.7 Å². The summed E-state index contributed by atoms with van der Waals surface area (Å²) in [6, 6.07) is 0. The summed E-state index contributed by atoms with van der Waals surface area (Å²) in [6.07, 6.45) is 0.255. The predicted octanol–water partition coefficient (Wildman–Crippen LogP) is 1.16. The van der Waals surface area contributed by atoms with Crippen LogP contribution in [-0.4, -0.2) is 52.2 Å². The lowest BCUT2D eigenvalue weighted by atomic mass is 10.4. The summed E-state index contributed by atoms with van der Waals surface area (Å²) >= 11 is 0. The Morgan fingerprint density at radius 2 is 2.06 bits per heavy atom. The second-order valence-electron chi connectivity index (χ2n) is 3.99. The number of ether oxygens (including phenoxy) is 5. The van der Waals surface area contributed by atoms with E-state index in [-0.39, 0.29) is 24.8 Å². The summed E-state index contributed by atoms with van der Waals surface area (Å²) in [4.78, 5) is 0. The molecule has 0 aliphatic carbocycles. The van der Waals surface area contributed by atoms with Crippen LogP contribution in [0.1, 0.15) is 20.3 Å². The summed E-state index contributed by atoms with van der Waals surface area (Å²) in [7, 11) is 3.27. The molecule has 1 aliphatic rings. The van der Waals surface area contributed by atoms with Crippen LogP contribution in [0.3, 0.4) is 0 Å². The quantitative estimate of drug-likeness (QED) is 0.619. The van der Waals surface area contributed by atoms with Gasteiger partial charge in [-0.3, -0.25) is 0 Å². The lowest BCUT2D eigenvalue weighted by Crippen LogP contribution is -2.27. The van der Waals surface area contributed by atoms with Crippen LogP contribution in [-0.2, 0) is 23.7 Å². The lowest BCUT2D eigenvalue weighted by molar-refractivity contribution is -0.183. The van der Waals surface area contributed by atoms with E-state index in [0.29, 0.717) is 19.6 Å². The minimum absolute atomic E-state index is 0.0574. The molecule has 0 spiro atoms. The number of rotatable bonds is 7. The zero-order valence-electron chi connectivity index (χ0n) is 10.5. The Balaban J connectivity index is 2.20. The van der Waals surface area contributed by atoms with Gasteiger partial charge in [0.1, 0.15) is 0 Å². The molecule has 5 heteroatoms. The molecule has 1 aliphatic heterocycles. The molecule has 4 atom stereocenters. The molecular weight excluding hydrogens is 212 g/mol. The van der Waals surface area contributed by atoms with E-state index in [9.17, 15) is 0 Å². The van der Waals surface area contributed by atoms with Crippen LogP contribution in [0.15, 0.2) is 0 Å². The Morgan fingerprint density at radius 1 is 1.31 bits per heavy atom. The molecule has 0 amide bonds. The SMILES string of the molecule is COC(C)COC(CC1OCC(C)O1)OC. The van der Waals surface area contributed by atoms with Crippen molar-refractivity contribution in [2.45, 2.75) is 45.1 Å². The summed E-state index contributed by atoms with van der Waals surface area (Å²) in [5.41, 5.74) is 0. The Bertz CT molecular complexity index is 187. The third kappa shape index (κ3) is 4.76. The van der Waals surface area contributed by atoms with Gasteiger partial charge in [0.05, 0.1) is 25.4 Å². The maximum Gasteiger partial charge on any atom is 0.163 e. The van der Waals surface area contributed by atoms with E-state index in [2.05, 4.69) is 0 Å². The normalized spacial score (nSPS) is 29.2. The van der Waals surface area contributed by atoms with Crippen LogP contribution >= 0.6 is 0 Å². The standard InChI is InChI=1S/C11H22O5/c1-8(12-3)6-14-10(13-4)5-11-15-7-9(2)16-11/h8-11H,5-7H2,1-4H3. The van der Waals surface area contributed by atoms with Crippen LogP contribution in [0.5, 0.6) is 0 Å². The Morgan fingerprint density at radius 3 is 2.56 bits per heavy atom. The third-order valence-electron chi connectivity index (χ3n) is 2.47. The van der Waals surface area contributed by atoms with Gasteiger partial charge in [0, 0.05) is 20.6 Å². The minimum Gasteiger partial charge on any atom is -0.379 e. The van der Waals surface area contributed by atoms with Crippen molar-refractivity contribution in [2.24, 2.45) is 0 Å². The molecule has 0 aromatic heterocycles. The molecular formula is C11H22O5. The average molecular weight is 234 g/mol. The molecule has 4 unspecified atom stereocenters. The minimum atomic E-state index is -0.312. The van der Waals surface area contributed by atoms with E-state index in [0.717, 1.165) is 0 Å². The van der Waals surface area contributed by atoms with Crippen molar-refractivity contribution in [1.82, 2.24) is 0 Å². The van der Waals surface area contributed by atoms with Gasteiger partial charge in [-0.15, -0.1) is 0 Å². The van der Waals surface area contributed by atoms with Gasteiger partial charge < -0.3 is 23.7 Å². The second kappa shape index (κ2) is 7.19. The van der Waals surface area contributed by atoms with Crippen LogP contribution in [0.25, 0.3) is 0 Å². The monoisotopic (exact) mass is 234 g/mol. The number of hydrogen-bond acceptors (Lipinski definition) is 5. The Hall–Kier alpha value is -0.200. The molecule has 1 rings (SSSR count). The van der Waals surface area contributed by atoms with Crippen molar-refractivity contribution in [2.75, 3.05) is 27.4 Å². The summed E-state index contributed by atoms with van der Waals surface area (Å²) < 4.78 is 26.8. The van der Waals surface area contributed by atoms with Gasteiger partial charge in [0.15, 0.2) is 12.6 Å². The molecule has 0 saturated carbocycles. The smallest absolute Gasteiger partial charge is 0.163 e. The van der Waals surface area contributed by atoms with Crippen LogP contribution in [0, 0.1) is 0 Å². The van der Waals surface area contributed by atoms with Crippen molar-refractivity contribution in [3.63, 3.8) is 0 Å². The maximum atomic E-state index is 5.53. The molecule has 96 valence electrons. The van der Waals surface area contributed by atoms with E-state index < -0.39 is 0 Å². The highest BCUT2D eigenvalue weighted by Crippen LogP contribution is 2.17. The van der Waals surface area contributed by atoms with Crippen LogP contribution in [0.4, 0.5) is 0 Å². The zero-order valence-corrected chi connectivity index (χ0v) is 10.5. The van der Waals surface area contributed by atoms with Gasteiger partial charge in [-0.25, -0.2) is 0 Å². The summed E-state index contributed by atoms with van der Waals surface area (Å²) in [6.45, 7) is 5.06. The molecule has 16 heavy (non-hydrogen) atoms. The first-order chi connectivity index (χ1) is 7.65. The van der Waals surface area contributed by atoms with E-state index in [1.165, 1.54) is 0 Å². The first-order valence-corrected chi connectivity index (χ1v) is 5.60. The fourth-order valence-electron chi connectivity index (χ4n) is 1.40. The fourth-order valence-corrected chi connectivity index (χ4v) is 1.40. The average Bonchev–Trinajstić information content (AvgIpc) is 2.69. The Labute approximate surface area is 97.0 Å². The number of hydrogen-bond donors (Lipinski definition) is 0. The molecule has 0 radical (unpaired) electrons. The first-order valence-electron chi connectivity index (χ1n) is 5.60. The van der Waals surface area contributed by atoms with Crippen LogP contribution in [0.2, 0.25) is 0 Å². The van der Waals surface area contributed by atoms with E-state index in [1.54, 1.807) is 14.2 Å². The highest BCUT2D eigenvalue weighted by atomic mass is 16.7. The fraction of sp³-hybridized carbons (Fsp3) is 1.00. The largest absolute Gasteiger partial charge is 0.379 e. The Kier molecular flexibility index (Phi) is 6.23. The van der Waals surface area contributed by atoms with E-state index in [1.807, 2.05) is 13.8 Å². The molecule has 0 bridgehead atoms.